The first-order valence-corrected chi connectivity index (χ1v) is 5.51. The van der Waals surface area contributed by atoms with Crippen molar-refractivity contribution in [1.29, 1.82) is 0 Å². The summed E-state index contributed by atoms with van der Waals surface area (Å²) in [5.41, 5.74) is 7.83. The van der Waals surface area contributed by atoms with Gasteiger partial charge in [0.1, 0.15) is 11.6 Å². The highest BCUT2D eigenvalue weighted by Crippen LogP contribution is 2.20. The first-order valence-electron chi connectivity index (χ1n) is 5.51. The number of fused-ring (bicyclic) bond motifs is 1. The minimum absolute atomic E-state index is 0.262. The lowest BCUT2D eigenvalue weighted by Gasteiger charge is -2.03. The zero-order valence-electron chi connectivity index (χ0n) is 9.47. The van der Waals surface area contributed by atoms with Crippen molar-refractivity contribution < 1.29 is 4.39 Å². The first-order chi connectivity index (χ1) is 8.72. The van der Waals surface area contributed by atoms with Crippen LogP contribution in [0.15, 0.2) is 48.5 Å². The maximum Gasteiger partial charge on any atom is 0.162 e. The van der Waals surface area contributed by atoms with Crippen molar-refractivity contribution in [3.63, 3.8) is 0 Å². The minimum atomic E-state index is -0.262. The van der Waals surface area contributed by atoms with E-state index < -0.39 is 0 Å². The van der Waals surface area contributed by atoms with Crippen LogP contribution in [0.1, 0.15) is 0 Å². The largest absolute Gasteiger partial charge is 0.384 e. The fraction of sp³-hybridized carbons (Fsp3) is 0. The van der Waals surface area contributed by atoms with Gasteiger partial charge in [-0.1, -0.05) is 0 Å². The van der Waals surface area contributed by atoms with Gasteiger partial charge in [0.05, 0.1) is 5.69 Å². The molecule has 0 saturated heterocycles. The number of anilines is 1. The topological polar surface area (TPSA) is 51.8 Å². The monoisotopic (exact) mass is 239 g/mol. The number of benzene rings is 1. The molecule has 0 amide bonds. The fourth-order valence-electron chi connectivity index (χ4n) is 1.79. The molecule has 2 aromatic heterocycles. The Morgan fingerprint density at radius 1 is 0.833 bits per heavy atom. The lowest BCUT2D eigenvalue weighted by atomic mass is 10.1. The third-order valence-electron chi connectivity index (χ3n) is 2.71. The molecule has 0 aliphatic carbocycles. The number of rotatable bonds is 1. The Balaban J connectivity index is 2.15. The zero-order valence-corrected chi connectivity index (χ0v) is 9.47. The van der Waals surface area contributed by atoms with Crippen LogP contribution in [-0.4, -0.2) is 9.97 Å². The summed E-state index contributed by atoms with van der Waals surface area (Å²) < 4.78 is 12.9. The molecule has 0 aliphatic rings. The molecule has 0 atom stereocenters. The van der Waals surface area contributed by atoms with Gasteiger partial charge in [0.15, 0.2) is 5.65 Å². The van der Waals surface area contributed by atoms with Crippen LogP contribution in [0.2, 0.25) is 0 Å². The molecule has 0 radical (unpaired) electrons. The predicted octanol–water partition coefficient (Wildman–Crippen LogP) is 3.02. The third-order valence-corrected chi connectivity index (χ3v) is 2.71. The van der Waals surface area contributed by atoms with Crippen molar-refractivity contribution in [2.24, 2.45) is 0 Å². The minimum Gasteiger partial charge on any atom is -0.384 e. The van der Waals surface area contributed by atoms with Gasteiger partial charge in [0.25, 0.3) is 0 Å². The van der Waals surface area contributed by atoms with E-state index in [0.717, 1.165) is 16.6 Å². The van der Waals surface area contributed by atoms with E-state index in [-0.39, 0.29) is 5.82 Å². The highest BCUT2D eigenvalue weighted by molar-refractivity contribution is 5.79. The number of nitrogen functional groups attached to an aromatic ring is 1. The van der Waals surface area contributed by atoms with E-state index in [9.17, 15) is 4.39 Å². The van der Waals surface area contributed by atoms with Gasteiger partial charge in [0.2, 0.25) is 0 Å². The average molecular weight is 239 g/mol. The summed E-state index contributed by atoms with van der Waals surface area (Å²) in [4.78, 5) is 8.59. The number of nitrogens with two attached hydrogens (primary N) is 1. The summed E-state index contributed by atoms with van der Waals surface area (Å²) in [5, 5.41) is 0.926. The van der Waals surface area contributed by atoms with E-state index in [1.807, 2.05) is 18.2 Å². The Labute approximate surface area is 103 Å². The van der Waals surface area contributed by atoms with Crippen molar-refractivity contribution in [2.75, 3.05) is 5.73 Å². The van der Waals surface area contributed by atoms with Crippen molar-refractivity contribution >= 4 is 16.9 Å². The third kappa shape index (κ3) is 1.88. The molecule has 2 heterocycles. The Bertz CT molecular complexity index is 708. The summed E-state index contributed by atoms with van der Waals surface area (Å²) in [6.45, 7) is 0. The molecule has 3 aromatic rings. The highest BCUT2D eigenvalue weighted by atomic mass is 19.1. The molecule has 88 valence electrons. The van der Waals surface area contributed by atoms with Crippen LogP contribution in [0, 0.1) is 5.82 Å². The van der Waals surface area contributed by atoms with Gasteiger partial charge in [-0.3, -0.25) is 0 Å². The normalized spacial score (nSPS) is 10.7. The van der Waals surface area contributed by atoms with Crippen LogP contribution in [0.3, 0.4) is 0 Å². The predicted molar refractivity (Wildman–Crippen MR) is 69.3 cm³/mol. The molecule has 1 aromatic carbocycles. The first kappa shape index (κ1) is 10.7. The summed E-state index contributed by atoms with van der Waals surface area (Å²) in [6.07, 6.45) is 0. The molecule has 2 N–H and O–H groups in total. The van der Waals surface area contributed by atoms with Gasteiger partial charge < -0.3 is 5.73 Å². The van der Waals surface area contributed by atoms with E-state index in [0.29, 0.717) is 11.5 Å². The lowest BCUT2D eigenvalue weighted by molar-refractivity contribution is 0.628. The van der Waals surface area contributed by atoms with Crippen molar-refractivity contribution in [2.45, 2.75) is 0 Å². The van der Waals surface area contributed by atoms with E-state index >= 15 is 0 Å². The van der Waals surface area contributed by atoms with Gasteiger partial charge in [0, 0.05) is 10.9 Å². The second-order valence-electron chi connectivity index (χ2n) is 3.99. The Morgan fingerprint density at radius 2 is 1.56 bits per heavy atom. The molecule has 0 fully saturated rings. The van der Waals surface area contributed by atoms with Crippen LogP contribution in [0.4, 0.5) is 10.2 Å². The maximum absolute atomic E-state index is 12.9. The fourth-order valence-corrected chi connectivity index (χ4v) is 1.79. The number of hydrogen-bond acceptors (Lipinski definition) is 3. The molecular weight excluding hydrogens is 229 g/mol. The SMILES string of the molecule is Nc1ccc2ccc(-c3ccc(F)cc3)nc2n1. The summed E-state index contributed by atoms with van der Waals surface area (Å²) in [7, 11) is 0. The molecule has 3 rings (SSSR count). The lowest BCUT2D eigenvalue weighted by Crippen LogP contribution is -1.93. The van der Waals surface area contributed by atoms with Crippen molar-refractivity contribution in [3.05, 3.63) is 54.3 Å². The van der Waals surface area contributed by atoms with Gasteiger partial charge in [-0.05, 0) is 48.5 Å². The van der Waals surface area contributed by atoms with Crippen LogP contribution in [0.25, 0.3) is 22.3 Å². The number of nitrogens with zero attached hydrogens (tertiary/aromatic N) is 2. The Kier molecular flexibility index (Phi) is 2.41. The Hall–Kier alpha value is -2.49. The molecule has 0 spiro atoms. The van der Waals surface area contributed by atoms with Crippen molar-refractivity contribution in [3.8, 4) is 11.3 Å². The molecule has 0 saturated carbocycles. The highest BCUT2D eigenvalue weighted by Gasteiger charge is 2.03. The van der Waals surface area contributed by atoms with Crippen LogP contribution in [0.5, 0.6) is 0 Å². The maximum atomic E-state index is 12.9. The Morgan fingerprint density at radius 3 is 2.33 bits per heavy atom. The van der Waals surface area contributed by atoms with Crippen LogP contribution < -0.4 is 5.73 Å². The van der Waals surface area contributed by atoms with Gasteiger partial charge in [-0.15, -0.1) is 0 Å². The summed E-state index contributed by atoms with van der Waals surface area (Å²) in [5.74, 6) is 0.174. The summed E-state index contributed by atoms with van der Waals surface area (Å²) in [6, 6.07) is 13.6. The van der Waals surface area contributed by atoms with Crippen LogP contribution >= 0.6 is 0 Å². The van der Waals surface area contributed by atoms with Crippen molar-refractivity contribution in [1.82, 2.24) is 9.97 Å². The average Bonchev–Trinajstić information content (AvgIpc) is 2.38. The van der Waals surface area contributed by atoms with Gasteiger partial charge >= 0.3 is 0 Å². The van der Waals surface area contributed by atoms with Crippen LogP contribution in [-0.2, 0) is 0 Å². The molecule has 0 aliphatic heterocycles. The van der Waals surface area contributed by atoms with E-state index in [4.69, 9.17) is 5.73 Å². The second kappa shape index (κ2) is 4.07. The smallest absolute Gasteiger partial charge is 0.162 e. The summed E-state index contributed by atoms with van der Waals surface area (Å²) >= 11 is 0. The number of aromatic nitrogens is 2. The number of pyridine rings is 2. The van der Waals surface area contributed by atoms with Gasteiger partial charge in [-0.2, -0.15) is 0 Å². The zero-order chi connectivity index (χ0) is 12.5. The molecule has 18 heavy (non-hydrogen) atoms. The van der Waals surface area contributed by atoms with E-state index in [2.05, 4.69) is 9.97 Å². The second-order valence-corrected chi connectivity index (χ2v) is 3.99. The molecular formula is C14H10FN3. The van der Waals surface area contributed by atoms with E-state index in [1.54, 1.807) is 18.2 Å². The number of halogens is 1. The number of hydrogen-bond donors (Lipinski definition) is 1. The molecule has 3 nitrogen and oxygen atoms in total. The molecule has 0 bridgehead atoms. The standard InChI is InChI=1S/C14H10FN3/c15-11-5-1-9(2-6-11)12-7-3-10-4-8-13(16)18-14(10)17-12/h1-8H,(H2,16,17,18). The molecule has 4 heteroatoms. The molecule has 0 unspecified atom stereocenters. The quantitative estimate of drug-likeness (QED) is 0.710. The van der Waals surface area contributed by atoms with E-state index in [1.165, 1.54) is 12.1 Å². The van der Waals surface area contributed by atoms with Gasteiger partial charge in [-0.25, -0.2) is 14.4 Å².